The van der Waals surface area contributed by atoms with E-state index in [1.807, 2.05) is 0 Å². The second-order valence-corrected chi connectivity index (χ2v) is 14.3. The van der Waals surface area contributed by atoms with Crippen molar-refractivity contribution in [2.24, 2.45) is 0 Å². The number of carboxylic acids is 1. The van der Waals surface area contributed by atoms with Gasteiger partial charge in [-0.3, -0.25) is 14.7 Å². The number of benzene rings is 2. The van der Waals surface area contributed by atoms with Crippen LogP contribution in [0, 0.1) is 17.5 Å². The summed E-state index contributed by atoms with van der Waals surface area (Å²) in [5.41, 5.74) is -1.06. The highest BCUT2D eigenvalue weighted by Crippen LogP contribution is 2.31. The molecule has 1 unspecified atom stereocenters. The lowest BCUT2D eigenvalue weighted by molar-refractivity contribution is -0.153. The van der Waals surface area contributed by atoms with E-state index >= 15 is 4.39 Å². The lowest BCUT2D eigenvalue weighted by Crippen LogP contribution is -2.56. The summed E-state index contributed by atoms with van der Waals surface area (Å²) in [4.78, 5) is 57.0. The third kappa shape index (κ3) is 10.9. The molecule has 1 aromatic heterocycles. The summed E-state index contributed by atoms with van der Waals surface area (Å²) in [6, 6.07) is 7.67. The van der Waals surface area contributed by atoms with Crippen LogP contribution in [0.15, 0.2) is 60.9 Å². The molecule has 52 heavy (non-hydrogen) atoms. The summed E-state index contributed by atoms with van der Waals surface area (Å²) in [5, 5.41) is 14.9. The molecule has 0 spiro atoms. The number of morpholine rings is 1. The number of hydrogen-bond donors (Lipinski definition) is 3. The molecule has 3 atom stereocenters. The van der Waals surface area contributed by atoms with Gasteiger partial charge in [0.1, 0.15) is 34.7 Å². The molecule has 2 heterocycles. The van der Waals surface area contributed by atoms with E-state index in [0.29, 0.717) is 11.1 Å². The first-order valence-electron chi connectivity index (χ1n) is 16.6. The van der Waals surface area contributed by atoms with Gasteiger partial charge in [-0.15, -0.1) is 0 Å². The van der Waals surface area contributed by atoms with E-state index in [1.54, 1.807) is 41.5 Å². The second kappa shape index (κ2) is 16.4. The molecule has 1 saturated heterocycles. The van der Waals surface area contributed by atoms with Gasteiger partial charge in [-0.1, -0.05) is 24.3 Å². The topological polar surface area (TPSA) is 156 Å². The molecule has 0 bridgehead atoms. The highest BCUT2D eigenvalue weighted by atomic mass is 19.1. The van der Waals surface area contributed by atoms with E-state index in [9.17, 15) is 33.1 Å². The number of hydrogen-bond acceptors (Lipinski definition) is 8. The largest absolute Gasteiger partial charge is 0.480 e. The number of nitrogens with zero attached hydrogens (tertiary/aromatic N) is 2. The first-order valence-corrected chi connectivity index (χ1v) is 16.6. The Morgan fingerprint density at radius 3 is 1.98 bits per heavy atom. The maximum absolute atomic E-state index is 15.4. The van der Waals surface area contributed by atoms with Crippen LogP contribution in [0.1, 0.15) is 70.6 Å². The Morgan fingerprint density at radius 2 is 1.46 bits per heavy atom. The van der Waals surface area contributed by atoms with Gasteiger partial charge in [0.2, 0.25) is 5.91 Å². The number of aromatic nitrogens is 1. The van der Waals surface area contributed by atoms with Crippen LogP contribution in [0.4, 0.5) is 28.4 Å². The van der Waals surface area contributed by atoms with Gasteiger partial charge >= 0.3 is 18.2 Å². The number of aliphatic carboxylic acids is 1. The molecule has 3 amide bonds. The van der Waals surface area contributed by atoms with Crippen molar-refractivity contribution < 1.29 is 51.7 Å². The van der Waals surface area contributed by atoms with E-state index in [2.05, 4.69) is 15.6 Å². The van der Waals surface area contributed by atoms with Gasteiger partial charge < -0.3 is 30.0 Å². The summed E-state index contributed by atoms with van der Waals surface area (Å²) < 4.78 is 60.0. The zero-order valence-corrected chi connectivity index (χ0v) is 29.7. The number of ether oxygens (including phenoxy) is 3. The molecule has 15 heteroatoms. The van der Waals surface area contributed by atoms with E-state index < -0.39 is 76.8 Å². The van der Waals surface area contributed by atoms with Crippen molar-refractivity contribution in [2.75, 3.05) is 18.5 Å². The minimum absolute atomic E-state index is 0.0206. The first-order chi connectivity index (χ1) is 24.3. The average Bonchev–Trinajstić information content (AvgIpc) is 3.04. The monoisotopic (exact) mass is 728 g/mol. The van der Waals surface area contributed by atoms with Crippen LogP contribution in [-0.4, -0.2) is 81.6 Å². The van der Waals surface area contributed by atoms with Crippen molar-refractivity contribution >= 4 is 29.8 Å². The molecule has 1 aliphatic rings. The molecule has 280 valence electrons. The predicted molar refractivity (Wildman–Crippen MR) is 183 cm³/mol. The zero-order valence-electron chi connectivity index (χ0n) is 29.7. The molecule has 2 aromatic carbocycles. The Morgan fingerprint density at radius 1 is 0.904 bits per heavy atom. The molecule has 3 aromatic rings. The Balaban J connectivity index is 1.63. The molecule has 1 fully saturated rings. The quantitative estimate of drug-likeness (QED) is 0.222. The van der Waals surface area contributed by atoms with Crippen LogP contribution in [0.2, 0.25) is 0 Å². The second-order valence-electron chi connectivity index (χ2n) is 14.3. The first kappa shape index (κ1) is 39.6. The Hall–Kier alpha value is -5.18. The lowest BCUT2D eigenvalue weighted by Gasteiger charge is -2.38. The molecular weight excluding hydrogens is 685 g/mol. The van der Waals surface area contributed by atoms with Crippen LogP contribution in [0.3, 0.4) is 0 Å². The van der Waals surface area contributed by atoms with E-state index in [4.69, 9.17) is 14.2 Å². The summed E-state index contributed by atoms with van der Waals surface area (Å²) >= 11 is 0. The molecular formula is C37H43F3N4O8. The SMILES string of the molecule is CC(C)(C)OC(=O)NC(C(=O)Nc1cncc(F)c1CC[C@@H]1CN(C(=O)OC(C)(C)C)[C@H](C(=O)O)CO1)C(c1ccc(F)cc1)c1ccc(F)cc1. The summed E-state index contributed by atoms with van der Waals surface area (Å²) in [5.74, 6) is -4.97. The fourth-order valence-corrected chi connectivity index (χ4v) is 5.61. The molecule has 12 nitrogen and oxygen atoms in total. The smallest absolute Gasteiger partial charge is 0.411 e. The normalized spacial score (nSPS) is 16.9. The summed E-state index contributed by atoms with van der Waals surface area (Å²) in [6.07, 6.45) is -0.278. The number of carbonyl (C=O) groups is 4. The van der Waals surface area contributed by atoms with E-state index in [-0.39, 0.29) is 37.2 Å². The average molecular weight is 729 g/mol. The van der Waals surface area contributed by atoms with Crippen molar-refractivity contribution in [1.82, 2.24) is 15.2 Å². The number of carboxylic acid groups (broad SMARTS) is 1. The van der Waals surface area contributed by atoms with Gasteiger partial charge in [0.25, 0.3) is 0 Å². The number of amides is 3. The van der Waals surface area contributed by atoms with Crippen LogP contribution >= 0.6 is 0 Å². The van der Waals surface area contributed by atoms with E-state index in [0.717, 1.165) is 11.1 Å². The van der Waals surface area contributed by atoms with Crippen LogP contribution in [0.5, 0.6) is 0 Å². The van der Waals surface area contributed by atoms with Gasteiger partial charge in [-0.05, 0) is 89.8 Å². The number of pyridine rings is 1. The maximum atomic E-state index is 15.4. The Kier molecular flexibility index (Phi) is 12.5. The molecule has 4 rings (SSSR count). The Bertz CT molecular complexity index is 1700. The molecule has 0 saturated carbocycles. The minimum Gasteiger partial charge on any atom is -0.480 e. The third-order valence-corrected chi connectivity index (χ3v) is 7.90. The maximum Gasteiger partial charge on any atom is 0.411 e. The fourth-order valence-electron chi connectivity index (χ4n) is 5.61. The van der Waals surface area contributed by atoms with Crippen molar-refractivity contribution in [1.29, 1.82) is 0 Å². The van der Waals surface area contributed by atoms with Crippen molar-refractivity contribution in [3.8, 4) is 0 Å². The van der Waals surface area contributed by atoms with Gasteiger partial charge in [-0.2, -0.15) is 0 Å². The van der Waals surface area contributed by atoms with Crippen molar-refractivity contribution in [3.63, 3.8) is 0 Å². The zero-order chi connectivity index (χ0) is 38.4. The standard InChI is InChI=1S/C37H43F3N4O8/c1-36(2,3)51-34(48)43-31(30(21-7-11-23(38)12-8-21)22-9-13-24(39)14-10-22)32(45)42-28-18-41-17-27(40)26(28)16-15-25-19-44(29(20-50-25)33(46)47)35(49)52-37(4,5)6/h7-14,17-18,25,29-31H,15-16,19-20H2,1-6H3,(H,42,45)(H,43,48)(H,46,47)/t25-,29+,31?/m1/s1. The minimum atomic E-state index is -1.46. The number of rotatable bonds is 10. The molecule has 3 N–H and O–H groups in total. The van der Waals surface area contributed by atoms with Crippen LogP contribution in [0.25, 0.3) is 0 Å². The number of carbonyl (C=O) groups excluding carboxylic acids is 3. The van der Waals surface area contributed by atoms with Crippen LogP contribution in [-0.2, 0) is 30.2 Å². The Labute approximate surface area is 299 Å². The lowest BCUT2D eigenvalue weighted by atomic mass is 9.84. The van der Waals surface area contributed by atoms with Gasteiger partial charge in [-0.25, -0.2) is 27.6 Å². The highest BCUT2D eigenvalue weighted by Gasteiger charge is 2.39. The number of nitrogens with one attached hydrogen (secondary N) is 2. The number of halogens is 3. The number of anilines is 1. The fraction of sp³-hybridized carbons (Fsp3) is 0.432. The summed E-state index contributed by atoms with van der Waals surface area (Å²) in [6.45, 7) is 9.37. The molecule has 0 aliphatic carbocycles. The van der Waals surface area contributed by atoms with Gasteiger partial charge in [0.15, 0.2) is 6.04 Å². The van der Waals surface area contributed by atoms with E-state index in [1.165, 1.54) is 54.7 Å². The van der Waals surface area contributed by atoms with Crippen molar-refractivity contribution in [3.05, 3.63) is 95.1 Å². The van der Waals surface area contributed by atoms with Gasteiger partial charge in [0.05, 0.1) is 37.3 Å². The third-order valence-electron chi connectivity index (χ3n) is 7.90. The predicted octanol–water partition coefficient (Wildman–Crippen LogP) is 6.18. The molecule has 0 radical (unpaired) electrons. The highest BCUT2D eigenvalue weighted by molar-refractivity contribution is 5.98. The number of alkyl carbamates (subject to hydrolysis) is 1. The van der Waals surface area contributed by atoms with Crippen molar-refractivity contribution in [2.45, 2.75) is 89.7 Å². The molecule has 1 aliphatic heterocycles. The van der Waals surface area contributed by atoms with Crippen LogP contribution < -0.4 is 10.6 Å². The van der Waals surface area contributed by atoms with Gasteiger partial charge in [0, 0.05) is 11.5 Å². The summed E-state index contributed by atoms with van der Waals surface area (Å²) in [7, 11) is 0.